The Hall–Kier alpha value is -2.39. The summed E-state index contributed by atoms with van der Waals surface area (Å²) >= 11 is 12.1. The highest BCUT2D eigenvalue weighted by Gasteiger charge is 2.28. The van der Waals surface area contributed by atoms with Gasteiger partial charge in [-0.25, -0.2) is 18.2 Å². The molecule has 0 unspecified atom stereocenters. The van der Waals surface area contributed by atoms with Gasteiger partial charge in [0.05, 0.1) is 27.4 Å². The molecule has 1 aliphatic rings. The molecule has 7 nitrogen and oxygen atoms in total. The van der Waals surface area contributed by atoms with Crippen LogP contribution < -0.4 is 10.0 Å². The van der Waals surface area contributed by atoms with Crippen LogP contribution in [0.4, 0.5) is 5.69 Å². The molecule has 28 heavy (non-hydrogen) atoms. The van der Waals surface area contributed by atoms with Crippen molar-refractivity contribution in [3.63, 3.8) is 0 Å². The number of sulfonamides is 1. The van der Waals surface area contributed by atoms with Crippen LogP contribution >= 0.6 is 23.2 Å². The van der Waals surface area contributed by atoms with E-state index in [-0.39, 0.29) is 10.8 Å². The molecule has 2 N–H and O–H groups in total. The Labute approximate surface area is 171 Å². The van der Waals surface area contributed by atoms with Crippen molar-refractivity contribution in [1.82, 2.24) is 9.78 Å². The molecule has 0 radical (unpaired) electrons. The van der Waals surface area contributed by atoms with Crippen LogP contribution in [0.2, 0.25) is 10.0 Å². The Morgan fingerprint density at radius 2 is 1.89 bits per heavy atom. The minimum Gasteiger partial charge on any atom is -0.308 e. The van der Waals surface area contributed by atoms with Gasteiger partial charge in [0, 0.05) is 23.5 Å². The zero-order valence-electron chi connectivity index (χ0n) is 14.3. The third-order valence-corrected chi connectivity index (χ3v) is 5.96. The predicted molar refractivity (Wildman–Crippen MR) is 107 cm³/mol. The van der Waals surface area contributed by atoms with Gasteiger partial charge < -0.3 is 4.90 Å². The summed E-state index contributed by atoms with van der Waals surface area (Å²) in [6, 6.07) is 9.53. The lowest BCUT2D eigenvalue weighted by atomic mass is 10.2. The quantitative estimate of drug-likeness (QED) is 0.681. The fourth-order valence-electron chi connectivity index (χ4n) is 3.13. The second kappa shape index (κ2) is 6.89. The third-order valence-electron chi connectivity index (χ3n) is 4.51. The van der Waals surface area contributed by atoms with Crippen molar-refractivity contribution in [2.24, 2.45) is 5.14 Å². The first-order valence-corrected chi connectivity index (χ1v) is 10.5. The lowest BCUT2D eigenvalue weighted by Gasteiger charge is -2.17. The SMILES string of the molecule is NS(=O)(=O)c1ccc2c(c1)N(C(=O)c1cnn(-c3ccc(Cl)cc3Cl)c1)CC2. The van der Waals surface area contributed by atoms with E-state index in [1.54, 1.807) is 30.5 Å². The number of fused-ring (bicyclic) bond motifs is 1. The van der Waals surface area contributed by atoms with Crippen LogP contribution in [0.25, 0.3) is 5.69 Å². The monoisotopic (exact) mass is 436 g/mol. The van der Waals surface area contributed by atoms with Crippen molar-refractivity contribution < 1.29 is 13.2 Å². The first-order valence-electron chi connectivity index (χ1n) is 8.22. The zero-order chi connectivity index (χ0) is 20.1. The summed E-state index contributed by atoms with van der Waals surface area (Å²) < 4.78 is 24.8. The van der Waals surface area contributed by atoms with Crippen LogP contribution in [-0.2, 0) is 16.4 Å². The molecular formula is C18H14Cl2N4O3S. The second-order valence-electron chi connectivity index (χ2n) is 6.31. The van der Waals surface area contributed by atoms with Gasteiger partial charge >= 0.3 is 0 Å². The number of carbonyl (C=O) groups excluding carboxylic acids is 1. The summed E-state index contributed by atoms with van der Waals surface area (Å²) in [5.41, 5.74) is 2.35. The summed E-state index contributed by atoms with van der Waals surface area (Å²) in [7, 11) is -3.86. The molecule has 0 fully saturated rings. The Morgan fingerprint density at radius 3 is 2.61 bits per heavy atom. The molecule has 4 rings (SSSR count). The smallest absolute Gasteiger partial charge is 0.261 e. The minimum atomic E-state index is -3.86. The molecule has 10 heteroatoms. The number of halogens is 2. The zero-order valence-corrected chi connectivity index (χ0v) is 16.7. The lowest BCUT2D eigenvalue weighted by molar-refractivity contribution is 0.0989. The number of rotatable bonds is 3. The maximum Gasteiger partial charge on any atom is 0.261 e. The average Bonchev–Trinajstić information content (AvgIpc) is 3.27. The Bertz CT molecular complexity index is 1210. The van der Waals surface area contributed by atoms with Crippen molar-refractivity contribution in [1.29, 1.82) is 0 Å². The van der Waals surface area contributed by atoms with Crippen molar-refractivity contribution in [3.8, 4) is 5.69 Å². The van der Waals surface area contributed by atoms with E-state index in [0.29, 0.717) is 39.9 Å². The molecule has 3 aromatic rings. The number of benzene rings is 2. The van der Waals surface area contributed by atoms with Crippen LogP contribution in [0.1, 0.15) is 15.9 Å². The van der Waals surface area contributed by atoms with Gasteiger partial charge in [-0.3, -0.25) is 4.79 Å². The molecule has 0 saturated heterocycles. The fourth-order valence-corrected chi connectivity index (χ4v) is 4.16. The van der Waals surface area contributed by atoms with Crippen molar-refractivity contribution in [3.05, 3.63) is 70.0 Å². The molecule has 0 saturated carbocycles. The predicted octanol–water partition coefficient (Wildman–Crippen LogP) is 3.03. The van der Waals surface area contributed by atoms with E-state index >= 15 is 0 Å². The number of nitrogens with two attached hydrogens (primary N) is 1. The van der Waals surface area contributed by atoms with E-state index in [0.717, 1.165) is 5.56 Å². The van der Waals surface area contributed by atoms with E-state index in [2.05, 4.69) is 5.10 Å². The molecule has 0 aliphatic carbocycles. The molecule has 0 atom stereocenters. The van der Waals surface area contributed by atoms with Gasteiger partial charge in [-0.1, -0.05) is 29.3 Å². The van der Waals surface area contributed by atoms with E-state index in [1.165, 1.54) is 27.9 Å². The molecule has 2 heterocycles. The van der Waals surface area contributed by atoms with Gasteiger partial charge in [-0.15, -0.1) is 0 Å². The Morgan fingerprint density at radius 1 is 1.11 bits per heavy atom. The maximum absolute atomic E-state index is 13.0. The van der Waals surface area contributed by atoms with Crippen molar-refractivity contribution >= 4 is 44.8 Å². The average molecular weight is 437 g/mol. The van der Waals surface area contributed by atoms with Crippen molar-refractivity contribution in [2.75, 3.05) is 11.4 Å². The van der Waals surface area contributed by atoms with E-state index < -0.39 is 10.0 Å². The number of amides is 1. The fraction of sp³-hybridized carbons (Fsp3) is 0.111. The number of aromatic nitrogens is 2. The second-order valence-corrected chi connectivity index (χ2v) is 8.72. The Balaban J connectivity index is 1.67. The van der Waals surface area contributed by atoms with Gasteiger partial charge in [0.2, 0.25) is 10.0 Å². The van der Waals surface area contributed by atoms with Gasteiger partial charge in [0.1, 0.15) is 0 Å². The summed E-state index contributed by atoms with van der Waals surface area (Å²) in [5, 5.41) is 10.3. The molecule has 1 amide bonds. The largest absolute Gasteiger partial charge is 0.308 e. The van der Waals surface area contributed by atoms with Gasteiger partial charge in [-0.2, -0.15) is 5.10 Å². The molecule has 0 spiro atoms. The van der Waals surface area contributed by atoms with Crippen LogP contribution in [0.15, 0.2) is 53.7 Å². The summed E-state index contributed by atoms with van der Waals surface area (Å²) in [6.45, 7) is 0.440. The number of nitrogens with zero attached hydrogens (tertiary/aromatic N) is 3. The maximum atomic E-state index is 13.0. The molecule has 1 aromatic heterocycles. The van der Waals surface area contributed by atoms with Crippen LogP contribution in [0.5, 0.6) is 0 Å². The topological polar surface area (TPSA) is 98.3 Å². The highest BCUT2D eigenvalue weighted by molar-refractivity contribution is 7.89. The first kappa shape index (κ1) is 18.9. The van der Waals surface area contributed by atoms with Gasteiger partial charge in [-0.05, 0) is 42.3 Å². The van der Waals surface area contributed by atoms with E-state index in [9.17, 15) is 13.2 Å². The minimum absolute atomic E-state index is 0.0328. The number of hydrogen-bond donors (Lipinski definition) is 1. The van der Waals surface area contributed by atoms with Crippen LogP contribution in [0.3, 0.4) is 0 Å². The van der Waals surface area contributed by atoms with Gasteiger partial charge in [0.15, 0.2) is 0 Å². The van der Waals surface area contributed by atoms with Gasteiger partial charge in [0.25, 0.3) is 5.91 Å². The molecule has 144 valence electrons. The summed E-state index contributed by atoms with van der Waals surface area (Å²) in [4.78, 5) is 14.5. The standard InChI is InChI=1S/C18H14Cl2N4O3S/c19-13-2-4-16(15(20)7-13)24-10-12(9-22-24)18(25)23-6-5-11-1-3-14(8-17(11)23)28(21,26)27/h1-4,7-10H,5-6H2,(H2,21,26,27). The molecule has 1 aliphatic heterocycles. The Kier molecular flexibility index (Phi) is 4.67. The number of carbonyl (C=O) groups is 1. The molecule has 2 aromatic carbocycles. The number of primary sulfonamides is 1. The van der Waals surface area contributed by atoms with E-state index in [4.69, 9.17) is 28.3 Å². The van der Waals surface area contributed by atoms with E-state index in [1.807, 2.05) is 0 Å². The summed E-state index contributed by atoms with van der Waals surface area (Å²) in [6.07, 6.45) is 3.64. The first-order chi connectivity index (χ1) is 13.2. The lowest BCUT2D eigenvalue weighted by Crippen LogP contribution is -2.28. The summed E-state index contributed by atoms with van der Waals surface area (Å²) in [5.74, 6) is -0.290. The third kappa shape index (κ3) is 3.40. The highest BCUT2D eigenvalue weighted by atomic mass is 35.5. The normalized spacial score (nSPS) is 13.6. The molecular weight excluding hydrogens is 423 g/mol. The molecule has 0 bridgehead atoms. The number of hydrogen-bond acceptors (Lipinski definition) is 4. The van der Waals surface area contributed by atoms with Crippen molar-refractivity contribution in [2.45, 2.75) is 11.3 Å². The van der Waals surface area contributed by atoms with Crippen LogP contribution in [-0.4, -0.2) is 30.7 Å². The highest BCUT2D eigenvalue weighted by Crippen LogP contribution is 2.32. The number of anilines is 1. The van der Waals surface area contributed by atoms with Crippen LogP contribution in [0, 0.1) is 0 Å².